The van der Waals surface area contributed by atoms with Crippen LogP contribution in [0.25, 0.3) is 0 Å². The molecule has 0 fully saturated rings. The van der Waals surface area contributed by atoms with Crippen molar-refractivity contribution in [3.05, 3.63) is 0 Å². The Kier molecular flexibility index (Phi) is 6.89. The Morgan fingerprint density at radius 1 is 1.13 bits per heavy atom. The molecule has 2 N–H and O–H groups in total. The predicted molar refractivity (Wildman–Crippen MR) is 70.6 cm³/mol. The number of aliphatic hydroxyl groups is 1. The van der Waals surface area contributed by atoms with Crippen LogP contribution in [0.3, 0.4) is 0 Å². The van der Waals surface area contributed by atoms with E-state index in [2.05, 4.69) is 39.3 Å². The van der Waals surface area contributed by atoms with Gasteiger partial charge < -0.3 is 10.4 Å². The molecule has 0 rings (SSSR count). The van der Waals surface area contributed by atoms with E-state index < -0.39 is 0 Å². The van der Waals surface area contributed by atoms with E-state index in [0.717, 1.165) is 25.9 Å². The summed E-state index contributed by atoms with van der Waals surface area (Å²) in [5.41, 5.74) is 0.0779. The van der Waals surface area contributed by atoms with Crippen LogP contribution in [-0.4, -0.2) is 35.8 Å². The Labute approximate surface area is 99.2 Å². The molecule has 0 saturated carbocycles. The first kappa shape index (κ1) is 15.3. The van der Waals surface area contributed by atoms with Crippen molar-refractivity contribution in [2.75, 3.05) is 26.0 Å². The molecule has 0 saturated heterocycles. The average molecular weight is 233 g/mol. The standard InChI is InChI=1S/C12H27NOS/c1-6-12(7-2,10-14)9-13-8-11(3,4)15-5/h13-14H,6-10H2,1-5H3. The van der Waals surface area contributed by atoms with E-state index >= 15 is 0 Å². The van der Waals surface area contributed by atoms with Gasteiger partial charge in [0.1, 0.15) is 0 Å². The highest BCUT2D eigenvalue weighted by atomic mass is 32.2. The van der Waals surface area contributed by atoms with Gasteiger partial charge in [-0.05, 0) is 32.9 Å². The van der Waals surface area contributed by atoms with Gasteiger partial charge in [0.25, 0.3) is 0 Å². The molecule has 3 heteroatoms. The molecule has 92 valence electrons. The minimum absolute atomic E-state index is 0.0779. The topological polar surface area (TPSA) is 32.3 Å². The van der Waals surface area contributed by atoms with Crippen molar-refractivity contribution in [2.45, 2.75) is 45.3 Å². The van der Waals surface area contributed by atoms with Crippen molar-refractivity contribution in [2.24, 2.45) is 5.41 Å². The minimum Gasteiger partial charge on any atom is -0.396 e. The lowest BCUT2D eigenvalue weighted by Crippen LogP contribution is -2.41. The van der Waals surface area contributed by atoms with E-state index in [1.807, 2.05) is 11.8 Å². The lowest BCUT2D eigenvalue weighted by atomic mass is 9.83. The molecule has 2 nitrogen and oxygen atoms in total. The van der Waals surface area contributed by atoms with Gasteiger partial charge in [-0.3, -0.25) is 0 Å². The average Bonchev–Trinajstić information content (AvgIpc) is 2.25. The zero-order chi connectivity index (χ0) is 11.9. The molecule has 0 atom stereocenters. The van der Waals surface area contributed by atoms with Gasteiger partial charge in [-0.2, -0.15) is 11.8 Å². The van der Waals surface area contributed by atoms with Crippen molar-refractivity contribution >= 4 is 11.8 Å². The summed E-state index contributed by atoms with van der Waals surface area (Å²) >= 11 is 1.88. The third-order valence-corrected chi connectivity index (χ3v) is 4.69. The molecule has 0 aromatic rings. The van der Waals surface area contributed by atoms with E-state index in [-0.39, 0.29) is 16.8 Å². The summed E-state index contributed by atoms with van der Waals surface area (Å²) in [7, 11) is 0. The second kappa shape index (κ2) is 6.77. The summed E-state index contributed by atoms with van der Waals surface area (Å²) < 4.78 is 0.280. The number of nitrogens with one attached hydrogen (secondary N) is 1. The van der Waals surface area contributed by atoms with Gasteiger partial charge in [0.05, 0.1) is 0 Å². The van der Waals surface area contributed by atoms with Crippen LogP contribution in [0.4, 0.5) is 0 Å². The Bertz CT molecular complexity index is 159. The molecule has 15 heavy (non-hydrogen) atoms. The molecule has 0 radical (unpaired) electrons. The van der Waals surface area contributed by atoms with E-state index in [0.29, 0.717) is 0 Å². The van der Waals surface area contributed by atoms with Crippen molar-refractivity contribution in [3.63, 3.8) is 0 Å². The number of hydrogen-bond acceptors (Lipinski definition) is 3. The SMILES string of the molecule is CCC(CC)(CO)CNCC(C)(C)SC. The van der Waals surface area contributed by atoms with Crippen molar-refractivity contribution in [1.29, 1.82) is 0 Å². The molecule has 0 spiro atoms. The maximum atomic E-state index is 9.42. The fraction of sp³-hybridized carbons (Fsp3) is 1.00. The lowest BCUT2D eigenvalue weighted by molar-refractivity contribution is 0.113. The van der Waals surface area contributed by atoms with Gasteiger partial charge in [-0.15, -0.1) is 0 Å². The largest absolute Gasteiger partial charge is 0.396 e. The van der Waals surface area contributed by atoms with Gasteiger partial charge in [0.2, 0.25) is 0 Å². The van der Waals surface area contributed by atoms with Crippen molar-refractivity contribution < 1.29 is 5.11 Å². The summed E-state index contributed by atoms with van der Waals surface area (Å²) in [6.45, 7) is 11.0. The van der Waals surface area contributed by atoms with Gasteiger partial charge in [0.15, 0.2) is 0 Å². The highest BCUT2D eigenvalue weighted by Gasteiger charge is 2.25. The zero-order valence-electron chi connectivity index (χ0n) is 10.9. The molecule has 0 aliphatic heterocycles. The molecule has 0 unspecified atom stereocenters. The van der Waals surface area contributed by atoms with Gasteiger partial charge in [0, 0.05) is 29.9 Å². The van der Waals surface area contributed by atoms with Crippen LogP contribution in [0.1, 0.15) is 40.5 Å². The summed E-state index contributed by atoms with van der Waals surface area (Å²) in [6.07, 6.45) is 4.21. The van der Waals surface area contributed by atoms with Gasteiger partial charge >= 0.3 is 0 Å². The molecule has 0 bridgehead atoms. The maximum Gasteiger partial charge on any atom is 0.0499 e. The monoisotopic (exact) mass is 233 g/mol. The van der Waals surface area contributed by atoms with Crippen LogP contribution in [0.2, 0.25) is 0 Å². The van der Waals surface area contributed by atoms with Crippen LogP contribution in [-0.2, 0) is 0 Å². The Balaban J connectivity index is 4.02. The van der Waals surface area contributed by atoms with Crippen molar-refractivity contribution in [1.82, 2.24) is 5.32 Å². The summed E-state index contributed by atoms with van der Waals surface area (Å²) in [5.74, 6) is 0. The number of rotatable bonds is 8. The quantitative estimate of drug-likeness (QED) is 0.676. The number of thioether (sulfide) groups is 1. The van der Waals surface area contributed by atoms with E-state index in [1.165, 1.54) is 0 Å². The molecule has 0 aliphatic carbocycles. The summed E-state index contributed by atoms with van der Waals surface area (Å²) in [4.78, 5) is 0. The van der Waals surface area contributed by atoms with Crippen LogP contribution in [0, 0.1) is 5.41 Å². The van der Waals surface area contributed by atoms with Crippen LogP contribution in [0.15, 0.2) is 0 Å². The molecule has 0 aromatic carbocycles. The molecule has 0 heterocycles. The third kappa shape index (κ3) is 5.23. The lowest BCUT2D eigenvalue weighted by Gasteiger charge is -2.32. The Morgan fingerprint density at radius 3 is 2.00 bits per heavy atom. The normalized spacial score (nSPS) is 13.2. The molecular formula is C12H27NOS. The minimum atomic E-state index is 0.0779. The smallest absolute Gasteiger partial charge is 0.0499 e. The molecule has 0 amide bonds. The first-order chi connectivity index (χ1) is 6.95. The first-order valence-electron chi connectivity index (χ1n) is 5.82. The summed E-state index contributed by atoms with van der Waals surface area (Å²) in [6, 6.07) is 0. The van der Waals surface area contributed by atoms with Crippen LogP contribution < -0.4 is 5.32 Å². The maximum absolute atomic E-state index is 9.42. The second-order valence-electron chi connectivity index (χ2n) is 4.93. The third-order valence-electron chi connectivity index (χ3n) is 3.44. The number of hydrogen-bond donors (Lipinski definition) is 2. The highest BCUT2D eigenvalue weighted by Crippen LogP contribution is 2.25. The Hall–Kier alpha value is 0.270. The van der Waals surface area contributed by atoms with Gasteiger partial charge in [-0.25, -0.2) is 0 Å². The molecular weight excluding hydrogens is 206 g/mol. The van der Waals surface area contributed by atoms with E-state index in [1.54, 1.807) is 0 Å². The predicted octanol–water partition coefficient (Wildman–Crippen LogP) is 2.52. The van der Waals surface area contributed by atoms with Gasteiger partial charge in [-0.1, -0.05) is 13.8 Å². The fourth-order valence-corrected chi connectivity index (χ4v) is 1.73. The van der Waals surface area contributed by atoms with E-state index in [9.17, 15) is 5.11 Å². The molecule has 0 aliphatic rings. The molecule has 0 aromatic heterocycles. The Morgan fingerprint density at radius 2 is 1.67 bits per heavy atom. The number of aliphatic hydroxyl groups excluding tert-OH is 1. The first-order valence-corrected chi connectivity index (χ1v) is 7.04. The zero-order valence-corrected chi connectivity index (χ0v) is 11.7. The fourth-order valence-electron chi connectivity index (χ4n) is 1.48. The van der Waals surface area contributed by atoms with Crippen LogP contribution >= 0.6 is 11.8 Å². The van der Waals surface area contributed by atoms with Crippen LogP contribution in [0.5, 0.6) is 0 Å². The second-order valence-corrected chi connectivity index (χ2v) is 6.45. The van der Waals surface area contributed by atoms with Crippen molar-refractivity contribution in [3.8, 4) is 0 Å². The van der Waals surface area contributed by atoms with E-state index in [4.69, 9.17) is 0 Å². The highest BCUT2D eigenvalue weighted by molar-refractivity contribution is 7.99. The summed E-state index contributed by atoms with van der Waals surface area (Å²) in [5, 5.41) is 12.9.